The highest BCUT2D eigenvalue weighted by atomic mass is 16.8. The minimum Gasteiger partial charge on any atom is -0.394 e. The molecular formula is C68H119NO18. The van der Waals surface area contributed by atoms with Gasteiger partial charge in [-0.1, -0.05) is 222 Å². The summed E-state index contributed by atoms with van der Waals surface area (Å²) in [5, 5.41) is 120. The lowest BCUT2D eigenvalue weighted by Gasteiger charge is -2.48. The molecule has 12 N–H and O–H groups in total. The van der Waals surface area contributed by atoms with Crippen molar-refractivity contribution in [2.75, 3.05) is 26.4 Å². The van der Waals surface area contributed by atoms with Crippen LogP contribution in [-0.4, -0.2) is 193 Å². The number of unbranched alkanes of at least 4 members (excludes halogenated alkanes) is 22. The van der Waals surface area contributed by atoms with Crippen LogP contribution in [0.4, 0.5) is 0 Å². The molecule has 3 aliphatic heterocycles. The molecule has 0 aromatic rings. The SMILES string of the molecule is CC/C=C\C/C=C\C/C=C\C/C=C\C/C=C\C/C=C\CCCCCCCCCCCCC(=O)NC(COC1OC(CO)C(OC2OC(CO)C(OC3OC(CO)C(O)C(O)C3O)C(O)C2O)C(O)C1O)C(O)CCCCCCCCCCCCCCC. The predicted molar refractivity (Wildman–Crippen MR) is 337 cm³/mol. The quantitative estimate of drug-likeness (QED) is 0.0202. The Labute approximate surface area is 521 Å². The Bertz CT molecular complexity index is 1860. The molecule has 17 unspecified atom stereocenters. The molecule has 87 heavy (non-hydrogen) atoms. The van der Waals surface area contributed by atoms with Crippen LogP contribution in [0.15, 0.2) is 72.9 Å². The topological polar surface area (TPSA) is 307 Å². The molecule has 0 bridgehead atoms. The molecule has 0 aliphatic carbocycles. The zero-order chi connectivity index (χ0) is 63.3. The minimum atomic E-state index is -1.97. The lowest BCUT2D eigenvalue weighted by atomic mass is 9.96. The number of amides is 1. The van der Waals surface area contributed by atoms with Crippen LogP contribution in [0, 0.1) is 0 Å². The predicted octanol–water partition coefficient (Wildman–Crippen LogP) is 8.16. The number of carbonyl (C=O) groups excluding carboxylic acids is 1. The van der Waals surface area contributed by atoms with E-state index in [9.17, 15) is 61.0 Å². The fraction of sp³-hybridized carbons (Fsp3) is 0.809. The van der Waals surface area contributed by atoms with E-state index >= 15 is 0 Å². The van der Waals surface area contributed by atoms with Crippen LogP contribution < -0.4 is 5.32 Å². The Balaban J connectivity index is 1.40. The lowest BCUT2D eigenvalue weighted by molar-refractivity contribution is -0.379. The van der Waals surface area contributed by atoms with E-state index in [0.29, 0.717) is 12.8 Å². The van der Waals surface area contributed by atoms with Gasteiger partial charge in [0.1, 0.15) is 73.2 Å². The zero-order valence-electron chi connectivity index (χ0n) is 53.0. The molecule has 0 aromatic carbocycles. The Morgan fingerprint density at radius 2 is 0.793 bits per heavy atom. The average molecular weight is 1240 g/mol. The van der Waals surface area contributed by atoms with Gasteiger partial charge in [0.15, 0.2) is 18.9 Å². The van der Waals surface area contributed by atoms with Gasteiger partial charge in [-0.05, 0) is 64.2 Å². The van der Waals surface area contributed by atoms with Crippen LogP contribution in [0.3, 0.4) is 0 Å². The molecule has 0 radical (unpaired) electrons. The summed E-state index contributed by atoms with van der Waals surface area (Å²) < 4.78 is 34.4. The molecule has 3 rings (SSSR count). The largest absolute Gasteiger partial charge is 0.394 e. The first kappa shape index (κ1) is 78.5. The van der Waals surface area contributed by atoms with Gasteiger partial charge >= 0.3 is 0 Å². The molecular weight excluding hydrogens is 1120 g/mol. The summed E-state index contributed by atoms with van der Waals surface area (Å²) in [6.45, 7) is 1.66. The van der Waals surface area contributed by atoms with Gasteiger partial charge in [0.05, 0.1) is 38.6 Å². The summed E-state index contributed by atoms with van der Waals surface area (Å²) in [5.41, 5.74) is 0. The molecule has 19 heteroatoms. The van der Waals surface area contributed by atoms with Crippen molar-refractivity contribution in [3.8, 4) is 0 Å². The van der Waals surface area contributed by atoms with Crippen molar-refractivity contribution in [1.82, 2.24) is 5.32 Å². The molecule has 0 spiro atoms. The van der Waals surface area contributed by atoms with Gasteiger partial charge in [0, 0.05) is 6.42 Å². The number of carbonyl (C=O) groups is 1. The number of nitrogens with one attached hydrogen (secondary N) is 1. The third-order valence-corrected chi connectivity index (χ3v) is 16.5. The first-order chi connectivity index (χ1) is 42.3. The van der Waals surface area contributed by atoms with Crippen LogP contribution in [0.5, 0.6) is 0 Å². The molecule has 17 atom stereocenters. The standard InChI is InChI=1S/C68H119NO18/c1-3-5-7-9-11-13-15-17-18-19-20-21-22-23-24-25-26-27-28-29-30-31-32-34-36-38-40-42-44-46-56(74)69-51(52(73)45-43-41-39-37-35-33-16-14-12-10-8-6-4-2)50-82-66-62(80)59(77)64(54(48-71)84-66)87-68-63(81)60(78)65(55(49-72)85-68)86-67-61(79)58(76)57(75)53(47-70)83-67/h5,7,11,13,17-18,20-21,23-24,26-27,51-55,57-68,70-73,75-81H,3-4,6,8-10,12,14-16,19,22,25,28-50H2,1-2H3,(H,69,74)/b7-5-,13-11-,18-17-,21-20-,24-23-,27-26-. The zero-order valence-corrected chi connectivity index (χ0v) is 53.0. The summed E-state index contributed by atoms with van der Waals surface area (Å²) in [5.74, 6) is -0.251. The number of hydrogen-bond donors (Lipinski definition) is 12. The smallest absolute Gasteiger partial charge is 0.220 e. The van der Waals surface area contributed by atoms with Crippen molar-refractivity contribution in [2.45, 2.75) is 324 Å². The minimum absolute atomic E-state index is 0.251. The molecule has 504 valence electrons. The van der Waals surface area contributed by atoms with Gasteiger partial charge < -0.3 is 89.9 Å². The number of rotatable bonds is 50. The van der Waals surface area contributed by atoms with Crippen LogP contribution >= 0.6 is 0 Å². The van der Waals surface area contributed by atoms with Crippen molar-refractivity contribution in [1.29, 1.82) is 0 Å². The third kappa shape index (κ3) is 32.4. The van der Waals surface area contributed by atoms with Crippen LogP contribution in [0.1, 0.15) is 219 Å². The first-order valence-electron chi connectivity index (χ1n) is 33.7. The maximum atomic E-state index is 13.4. The molecule has 3 heterocycles. The van der Waals surface area contributed by atoms with Gasteiger partial charge in [0.25, 0.3) is 0 Å². The molecule has 0 aromatic heterocycles. The average Bonchev–Trinajstić information content (AvgIpc) is 1.69. The second kappa shape index (κ2) is 49.9. The van der Waals surface area contributed by atoms with Gasteiger partial charge in [-0.3, -0.25) is 4.79 Å². The van der Waals surface area contributed by atoms with E-state index in [0.717, 1.165) is 96.3 Å². The number of ether oxygens (including phenoxy) is 6. The Morgan fingerprint density at radius 3 is 1.24 bits per heavy atom. The van der Waals surface area contributed by atoms with Gasteiger partial charge in [-0.2, -0.15) is 0 Å². The van der Waals surface area contributed by atoms with Crippen LogP contribution in [0.2, 0.25) is 0 Å². The second-order valence-corrected chi connectivity index (χ2v) is 23.9. The monoisotopic (exact) mass is 1240 g/mol. The number of hydrogen-bond acceptors (Lipinski definition) is 18. The van der Waals surface area contributed by atoms with Crippen molar-refractivity contribution in [3.63, 3.8) is 0 Å². The first-order valence-corrected chi connectivity index (χ1v) is 33.7. The van der Waals surface area contributed by atoms with Crippen molar-refractivity contribution >= 4 is 5.91 Å². The number of aliphatic hydroxyl groups is 11. The Kier molecular flexibility index (Phi) is 45.0. The highest BCUT2D eigenvalue weighted by molar-refractivity contribution is 5.76. The normalized spacial score (nSPS) is 29.0. The highest BCUT2D eigenvalue weighted by Gasteiger charge is 2.53. The molecule has 3 fully saturated rings. The van der Waals surface area contributed by atoms with Gasteiger partial charge in [-0.15, -0.1) is 0 Å². The molecule has 0 saturated carbocycles. The van der Waals surface area contributed by atoms with E-state index in [-0.39, 0.29) is 18.9 Å². The maximum Gasteiger partial charge on any atom is 0.220 e. The van der Waals surface area contributed by atoms with E-state index in [2.05, 4.69) is 92.1 Å². The van der Waals surface area contributed by atoms with Crippen LogP contribution in [-0.2, 0) is 33.2 Å². The number of allylic oxidation sites excluding steroid dienone is 12. The van der Waals surface area contributed by atoms with E-state index in [1.54, 1.807) is 0 Å². The van der Waals surface area contributed by atoms with E-state index in [1.165, 1.54) is 89.9 Å². The van der Waals surface area contributed by atoms with Gasteiger partial charge in [-0.25, -0.2) is 0 Å². The molecule has 19 nitrogen and oxygen atoms in total. The Morgan fingerprint density at radius 1 is 0.425 bits per heavy atom. The molecule has 3 aliphatic rings. The van der Waals surface area contributed by atoms with Crippen molar-refractivity contribution in [2.24, 2.45) is 0 Å². The van der Waals surface area contributed by atoms with Crippen molar-refractivity contribution in [3.05, 3.63) is 72.9 Å². The van der Waals surface area contributed by atoms with E-state index in [4.69, 9.17) is 28.4 Å². The summed E-state index contributed by atoms with van der Waals surface area (Å²) in [6.07, 6.45) is 34.1. The summed E-state index contributed by atoms with van der Waals surface area (Å²) in [6, 6.07) is -0.893. The highest BCUT2D eigenvalue weighted by Crippen LogP contribution is 2.33. The summed E-state index contributed by atoms with van der Waals surface area (Å²) in [4.78, 5) is 13.4. The van der Waals surface area contributed by atoms with Crippen molar-refractivity contribution < 1.29 is 89.4 Å². The second-order valence-electron chi connectivity index (χ2n) is 23.9. The third-order valence-electron chi connectivity index (χ3n) is 16.5. The van der Waals surface area contributed by atoms with E-state index < -0.39 is 124 Å². The van der Waals surface area contributed by atoms with Gasteiger partial charge in [0.2, 0.25) is 5.91 Å². The lowest BCUT2D eigenvalue weighted by Crippen LogP contribution is -2.66. The maximum absolute atomic E-state index is 13.4. The number of aliphatic hydroxyl groups excluding tert-OH is 11. The fourth-order valence-electron chi connectivity index (χ4n) is 11.1. The fourth-order valence-corrected chi connectivity index (χ4v) is 11.1. The van der Waals surface area contributed by atoms with Crippen LogP contribution in [0.25, 0.3) is 0 Å². The van der Waals surface area contributed by atoms with E-state index in [1.807, 2.05) is 0 Å². The summed E-state index contributed by atoms with van der Waals surface area (Å²) >= 11 is 0. The molecule has 3 saturated heterocycles. The summed E-state index contributed by atoms with van der Waals surface area (Å²) in [7, 11) is 0. The molecule has 1 amide bonds. The Hall–Kier alpha value is -2.77.